The van der Waals surface area contributed by atoms with E-state index in [1.54, 1.807) is 0 Å². The number of rotatable bonds is 2. The lowest BCUT2D eigenvalue weighted by Gasteiger charge is -2.34. The van der Waals surface area contributed by atoms with Crippen molar-refractivity contribution in [3.63, 3.8) is 0 Å². The van der Waals surface area contributed by atoms with Crippen LogP contribution >= 0.6 is 12.4 Å². The van der Waals surface area contributed by atoms with Gasteiger partial charge in [-0.25, -0.2) is 0 Å². The summed E-state index contributed by atoms with van der Waals surface area (Å²) in [6.07, 6.45) is 4.03. The maximum atomic E-state index is 11.3. The minimum atomic E-state index is 0. The van der Waals surface area contributed by atoms with Crippen molar-refractivity contribution < 1.29 is 4.79 Å². The Balaban J connectivity index is 0.000000845. The lowest BCUT2D eigenvalue weighted by atomic mass is 9.85. The van der Waals surface area contributed by atoms with Crippen LogP contribution in [0.1, 0.15) is 19.3 Å². The molecule has 0 bridgehead atoms. The predicted molar refractivity (Wildman–Crippen MR) is 54.0 cm³/mol. The van der Waals surface area contributed by atoms with Gasteiger partial charge in [0.25, 0.3) is 0 Å². The van der Waals surface area contributed by atoms with Gasteiger partial charge in [-0.3, -0.25) is 4.79 Å². The molecule has 1 amide bonds. The van der Waals surface area contributed by atoms with E-state index in [-0.39, 0.29) is 18.3 Å². The Kier molecular flexibility index (Phi) is 4.00. The Bertz CT molecular complexity index is 182. The minimum Gasteiger partial charge on any atom is -0.340 e. The molecule has 1 heterocycles. The molecule has 1 N–H and O–H groups in total. The van der Waals surface area contributed by atoms with Gasteiger partial charge in [-0.15, -0.1) is 12.4 Å². The molecule has 0 atom stereocenters. The summed E-state index contributed by atoms with van der Waals surface area (Å²) in [6.45, 7) is 3.45. The van der Waals surface area contributed by atoms with Gasteiger partial charge in [-0.2, -0.15) is 0 Å². The molecule has 13 heavy (non-hydrogen) atoms. The molecule has 1 saturated carbocycles. The van der Waals surface area contributed by atoms with E-state index in [0.717, 1.165) is 25.6 Å². The number of amides is 1. The fourth-order valence-electron chi connectivity index (χ4n) is 1.83. The molecule has 0 spiro atoms. The van der Waals surface area contributed by atoms with Crippen LogP contribution in [0, 0.1) is 5.92 Å². The standard InChI is InChI=1S/C9H16N2O.ClH/c12-9-6-10-4-5-11(9)7-8-2-1-3-8;/h8,10H,1-7H2;1H. The van der Waals surface area contributed by atoms with Crippen LogP contribution in [0.4, 0.5) is 0 Å². The lowest BCUT2D eigenvalue weighted by molar-refractivity contribution is -0.133. The summed E-state index contributed by atoms with van der Waals surface area (Å²) >= 11 is 0. The van der Waals surface area contributed by atoms with Gasteiger partial charge in [0.05, 0.1) is 6.54 Å². The minimum absolute atomic E-state index is 0. The van der Waals surface area contributed by atoms with Crippen LogP contribution < -0.4 is 5.32 Å². The SMILES string of the molecule is Cl.O=C1CNCCN1CC1CCC1. The normalized spacial score (nSPS) is 23.7. The highest BCUT2D eigenvalue weighted by Gasteiger charge is 2.24. The smallest absolute Gasteiger partial charge is 0.236 e. The Hall–Kier alpha value is -0.280. The third-order valence-corrected chi connectivity index (χ3v) is 2.89. The first-order valence-corrected chi connectivity index (χ1v) is 4.85. The van der Waals surface area contributed by atoms with Crippen molar-refractivity contribution >= 4 is 18.3 Å². The molecule has 3 nitrogen and oxygen atoms in total. The van der Waals surface area contributed by atoms with Crippen molar-refractivity contribution in [2.75, 3.05) is 26.2 Å². The second-order valence-corrected chi connectivity index (χ2v) is 3.81. The van der Waals surface area contributed by atoms with E-state index in [0.29, 0.717) is 6.54 Å². The molecular formula is C9H17ClN2O. The first kappa shape index (κ1) is 10.8. The molecular weight excluding hydrogens is 188 g/mol. The number of halogens is 1. The highest BCUT2D eigenvalue weighted by molar-refractivity contribution is 5.85. The van der Waals surface area contributed by atoms with Crippen molar-refractivity contribution in [1.29, 1.82) is 0 Å². The summed E-state index contributed by atoms with van der Waals surface area (Å²) in [6, 6.07) is 0. The first-order valence-electron chi connectivity index (χ1n) is 4.85. The first-order chi connectivity index (χ1) is 5.86. The molecule has 1 saturated heterocycles. The number of nitrogens with one attached hydrogen (secondary N) is 1. The van der Waals surface area contributed by atoms with E-state index in [1.165, 1.54) is 19.3 Å². The monoisotopic (exact) mass is 204 g/mol. The van der Waals surface area contributed by atoms with Crippen LogP contribution in [0.5, 0.6) is 0 Å². The van der Waals surface area contributed by atoms with Crippen LogP contribution in [-0.2, 0) is 4.79 Å². The summed E-state index contributed by atoms with van der Waals surface area (Å²) < 4.78 is 0. The Morgan fingerprint density at radius 3 is 2.77 bits per heavy atom. The summed E-state index contributed by atoms with van der Waals surface area (Å²) in [7, 11) is 0. The van der Waals surface area contributed by atoms with E-state index in [2.05, 4.69) is 5.32 Å². The van der Waals surface area contributed by atoms with Crippen molar-refractivity contribution in [3.05, 3.63) is 0 Å². The zero-order valence-corrected chi connectivity index (χ0v) is 8.61. The van der Waals surface area contributed by atoms with Gasteiger partial charge in [0.2, 0.25) is 5.91 Å². The summed E-state index contributed by atoms with van der Waals surface area (Å²) in [5.74, 6) is 1.10. The van der Waals surface area contributed by atoms with Gasteiger partial charge in [-0.05, 0) is 18.8 Å². The summed E-state index contributed by atoms with van der Waals surface area (Å²) in [5.41, 5.74) is 0. The molecule has 0 aromatic carbocycles. The Morgan fingerprint density at radius 2 is 2.23 bits per heavy atom. The van der Waals surface area contributed by atoms with Gasteiger partial charge in [-0.1, -0.05) is 6.42 Å². The van der Waals surface area contributed by atoms with Gasteiger partial charge in [0, 0.05) is 19.6 Å². The third kappa shape index (κ3) is 2.58. The highest BCUT2D eigenvalue weighted by Crippen LogP contribution is 2.27. The fourth-order valence-corrected chi connectivity index (χ4v) is 1.83. The maximum Gasteiger partial charge on any atom is 0.236 e. The zero-order valence-electron chi connectivity index (χ0n) is 7.79. The van der Waals surface area contributed by atoms with Crippen molar-refractivity contribution in [2.45, 2.75) is 19.3 Å². The van der Waals surface area contributed by atoms with Gasteiger partial charge in [0.1, 0.15) is 0 Å². The number of hydrogen-bond donors (Lipinski definition) is 1. The largest absolute Gasteiger partial charge is 0.340 e. The fraction of sp³-hybridized carbons (Fsp3) is 0.889. The number of nitrogens with zero attached hydrogens (tertiary/aromatic N) is 1. The zero-order chi connectivity index (χ0) is 8.39. The van der Waals surface area contributed by atoms with Crippen LogP contribution in [0.3, 0.4) is 0 Å². The molecule has 0 radical (unpaired) electrons. The van der Waals surface area contributed by atoms with Crippen molar-refractivity contribution in [2.24, 2.45) is 5.92 Å². The summed E-state index contributed by atoms with van der Waals surface area (Å²) in [4.78, 5) is 13.3. The average Bonchev–Trinajstić information content (AvgIpc) is 2.00. The van der Waals surface area contributed by atoms with E-state index in [9.17, 15) is 4.79 Å². The highest BCUT2D eigenvalue weighted by atomic mass is 35.5. The summed E-state index contributed by atoms with van der Waals surface area (Å²) in [5, 5.41) is 3.08. The average molecular weight is 205 g/mol. The Morgan fingerprint density at radius 1 is 1.46 bits per heavy atom. The topological polar surface area (TPSA) is 32.3 Å². The molecule has 0 unspecified atom stereocenters. The molecule has 1 aliphatic carbocycles. The number of carbonyl (C=O) groups excluding carboxylic acids is 1. The molecule has 2 rings (SSSR count). The van der Waals surface area contributed by atoms with Gasteiger partial charge >= 0.3 is 0 Å². The molecule has 0 aromatic heterocycles. The second-order valence-electron chi connectivity index (χ2n) is 3.81. The van der Waals surface area contributed by atoms with Crippen LogP contribution in [0.15, 0.2) is 0 Å². The molecule has 4 heteroatoms. The maximum absolute atomic E-state index is 11.3. The third-order valence-electron chi connectivity index (χ3n) is 2.89. The molecule has 76 valence electrons. The van der Waals surface area contributed by atoms with Crippen molar-refractivity contribution in [1.82, 2.24) is 10.2 Å². The van der Waals surface area contributed by atoms with Crippen LogP contribution in [-0.4, -0.2) is 37.0 Å². The van der Waals surface area contributed by atoms with Gasteiger partial charge < -0.3 is 10.2 Å². The number of hydrogen-bond acceptors (Lipinski definition) is 2. The van der Waals surface area contributed by atoms with E-state index < -0.39 is 0 Å². The predicted octanol–water partition coefficient (Wildman–Crippen LogP) is 0.640. The molecule has 0 aromatic rings. The van der Waals surface area contributed by atoms with Gasteiger partial charge in [0.15, 0.2) is 0 Å². The molecule has 2 fully saturated rings. The lowest BCUT2D eigenvalue weighted by Crippen LogP contribution is -2.50. The van der Waals surface area contributed by atoms with E-state index >= 15 is 0 Å². The number of piperazine rings is 1. The van der Waals surface area contributed by atoms with Crippen LogP contribution in [0.25, 0.3) is 0 Å². The molecule has 1 aliphatic heterocycles. The van der Waals surface area contributed by atoms with Crippen molar-refractivity contribution in [3.8, 4) is 0 Å². The van der Waals surface area contributed by atoms with E-state index in [4.69, 9.17) is 0 Å². The second kappa shape index (κ2) is 4.82. The quantitative estimate of drug-likeness (QED) is 0.716. The van der Waals surface area contributed by atoms with Crippen LogP contribution in [0.2, 0.25) is 0 Å². The molecule has 2 aliphatic rings. The van der Waals surface area contributed by atoms with E-state index in [1.807, 2.05) is 4.90 Å². The Labute approximate surface area is 85.3 Å². The number of carbonyl (C=O) groups is 1.